The maximum atomic E-state index is 5.48. The summed E-state index contributed by atoms with van der Waals surface area (Å²) in [6, 6.07) is 8.28. The average molecular weight is 242 g/mol. The Morgan fingerprint density at radius 1 is 1.22 bits per heavy atom. The van der Waals surface area contributed by atoms with E-state index in [4.69, 9.17) is 5.73 Å². The van der Waals surface area contributed by atoms with Crippen molar-refractivity contribution in [3.05, 3.63) is 60.3 Å². The molecule has 0 radical (unpaired) electrons. The number of rotatable bonds is 6. The lowest BCUT2D eigenvalue weighted by Crippen LogP contribution is -2.05. The van der Waals surface area contributed by atoms with Gasteiger partial charge in [0, 0.05) is 11.4 Å². The highest BCUT2D eigenvalue weighted by atomic mass is 14.9. The fourth-order valence-corrected chi connectivity index (χ4v) is 1.71. The van der Waals surface area contributed by atoms with Crippen molar-refractivity contribution in [3.63, 3.8) is 0 Å². The molecule has 2 nitrogen and oxygen atoms in total. The minimum absolute atomic E-state index is 0.615. The standard InChI is InChI=1S/C16H22N2/c1-12(2)11-13(3)15-5-7-16(8-6-15)18-14(4)9-10-17/h5-8,11,18H,1,4,9-10,17H2,2-3H3/b13-11+. The van der Waals surface area contributed by atoms with E-state index in [1.165, 1.54) is 11.1 Å². The summed E-state index contributed by atoms with van der Waals surface area (Å²) < 4.78 is 0. The van der Waals surface area contributed by atoms with Gasteiger partial charge in [0.05, 0.1) is 0 Å². The number of nitrogens with one attached hydrogen (secondary N) is 1. The maximum absolute atomic E-state index is 5.48. The van der Waals surface area contributed by atoms with Gasteiger partial charge in [0.2, 0.25) is 0 Å². The van der Waals surface area contributed by atoms with Crippen LogP contribution in [0.4, 0.5) is 5.69 Å². The molecular formula is C16H22N2. The predicted molar refractivity (Wildman–Crippen MR) is 81.3 cm³/mol. The Labute approximate surface area is 110 Å². The molecule has 3 N–H and O–H groups in total. The Morgan fingerprint density at radius 3 is 2.33 bits per heavy atom. The monoisotopic (exact) mass is 242 g/mol. The van der Waals surface area contributed by atoms with E-state index in [9.17, 15) is 0 Å². The van der Waals surface area contributed by atoms with Gasteiger partial charge in [-0.05, 0) is 50.1 Å². The predicted octanol–water partition coefficient (Wildman–Crippen LogP) is 3.94. The molecule has 2 heteroatoms. The van der Waals surface area contributed by atoms with Crippen LogP contribution in [0.5, 0.6) is 0 Å². The summed E-state index contributed by atoms with van der Waals surface area (Å²) in [7, 11) is 0. The molecular weight excluding hydrogens is 220 g/mol. The first-order valence-corrected chi connectivity index (χ1v) is 6.12. The number of hydrogen-bond donors (Lipinski definition) is 2. The topological polar surface area (TPSA) is 38.0 Å². The Morgan fingerprint density at radius 2 is 1.83 bits per heavy atom. The van der Waals surface area contributed by atoms with Crippen molar-refractivity contribution < 1.29 is 0 Å². The van der Waals surface area contributed by atoms with Gasteiger partial charge in [0.25, 0.3) is 0 Å². The normalized spacial score (nSPS) is 11.2. The molecule has 18 heavy (non-hydrogen) atoms. The summed E-state index contributed by atoms with van der Waals surface area (Å²) >= 11 is 0. The molecule has 0 saturated heterocycles. The zero-order valence-corrected chi connectivity index (χ0v) is 11.3. The van der Waals surface area contributed by atoms with Gasteiger partial charge in [-0.2, -0.15) is 0 Å². The summed E-state index contributed by atoms with van der Waals surface area (Å²) in [6.45, 7) is 12.5. The number of benzene rings is 1. The van der Waals surface area contributed by atoms with Gasteiger partial charge >= 0.3 is 0 Å². The van der Waals surface area contributed by atoms with E-state index in [0.29, 0.717) is 6.54 Å². The second-order valence-corrected chi connectivity index (χ2v) is 4.52. The Hall–Kier alpha value is -1.80. The highest BCUT2D eigenvalue weighted by molar-refractivity contribution is 5.68. The lowest BCUT2D eigenvalue weighted by atomic mass is 10.1. The van der Waals surface area contributed by atoms with Crippen molar-refractivity contribution in [1.82, 2.24) is 0 Å². The maximum Gasteiger partial charge on any atom is 0.0382 e. The zero-order chi connectivity index (χ0) is 13.5. The van der Waals surface area contributed by atoms with Gasteiger partial charge in [-0.3, -0.25) is 0 Å². The van der Waals surface area contributed by atoms with Crippen LogP contribution in [0.15, 0.2) is 54.8 Å². The molecule has 0 saturated carbocycles. The molecule has 0 amide bonds. The Bertz CT molecular complexity index is 452. The zero-order valence-electron chi connectivity index (χ0n) is 11.3. The van der Waals surface area contributed by atoms with Crippen LogP contribution in [0.3, 0.4) is 0 Å². The highest BCUT2D eigenvalue weighted by Gasteiger charge is 1.98. The number of hydrogen-bond acceptors (Lipinski definition) is 2. The number of allylic oxidation sites excluding steroid dienone is 3. The van der Waals surface area contributed by atoms with Gasteiger partial charge < -0.3 is 11.1 Å². The van der Waals surface area contributed by atoms with Crippen LogP contribution in [-0.4, -0.2) is 6.54 Å². The van der Waals surface area contributed by atoms with Crippen LogP contribution in [0.25, 0.3) is 5.57 Å². The van der Waals surface area contributed by atoms with E-state index in [1.54, 1.807) is 0 Å². The molecule has 0 unspecified atom stereocenters. The van der Waals surface area contributed by atoms with E-state index in [2.05, 4.69) is 43.6 Å². The largest absolute Gasteiger partial charge is 0.359 e. The van der Waals surface area contributed by atoms with E-state index >= 15 is 0 Å². The first-order valence-electron chi connectivity index (χ1n) is 6.12. The van der Waals surface area contributed by atoms with Gasteiger partial charge in [0.1, 0.15) is 0 Å². The Balaban J connectivity index is 2.74. The van der Waals surface area contributed by atoms with Crippen LogP contribution >= 0.6 is 0 Å². The van der Waals surface area contributed by atoms with Crippen molar-refractivity contribution in [2.24, 2.45) is 5.73 Å². The van der Waals surface area contributed by atoms with Crippen LogP contribution < -0.4 is 11.1 Å². The molecule has 0 spiro atoms. The van der Waals surface area contributed by atoms with E-state index in [1.807, 2.05) is 19.1 Å². The fourth-order valence-electron chi connectivity index (χ4n) is 1.71. The molecule has 1 aromatic carbocycles. The van der Waals surface area contributed by atoms with Gasteiger partial charge in [-0.1, -0.05) is 36.9 Å². The van der Waals surface area contributed by atoms with Gasteiger partial charge in [-0.15, -0.1) is 0 Å². The highest BCUT2D eigenvalue weighted by Crippen LogP contribution is 2.19. The third-order valence-electron chi connectivity index (χ3n) is 2.57. The molecule has 0 aliphatic carbocycles. The average Bonchev–Trinajstić information content (AvgIpc) is 2.29. The van der Waals surface area contributed by atoms with Crippen molar-refractivity contribution in [1.29, 1.82) is 0 Å². The lowest BCUT2D eigenvalue weighted by Gasteiger charge is -2.09. The first-order chi connectivity index (χ1) is 8.52. The molecule has 1 aromatic rings. The van der Waals surface area contributed by atoms with E-state index in [0.717, 1.165) is 23.4 Å². The van der Waals surface area contributed by atoms with Gasteiger partial charge in [-0.25, -0.2) is 0 Å². The van der Waals surface area contributed by atoms with Crippen LogP contribution in [-0.2, 0) is 0 Å². The van der Waals surface area contributed by atoms with E-state index in [-0.39, 0.29) is 0 Å². The van der Waals surface area contributed by atoms with Crippen LogP contribution in [0.2, 0.25) is 0 Å². The molecule has 0 bridgehead atoms. The minimum atomic E-state index is 0.615. The minimum Gasteiger partial charge on any atom is -0.359 e. The smallest absolute Gasteiger partial charge is 0.0382 e. The second-order valence-electron chi connectivity index (χ2n) is 4.52. The summed E-state index contributed by atoms with van der Waals surface area (Å²) in [5.41, 5.74) is 10.9. The number of nitrogens with two attached hydrogens (primary N) is 1. The molecule has 0 fully saturated rings. The van der Waals surface area contributed by atoms with Crippen LogP contribution in [0, 0.1) is 0 Å². The third-order valence-corrected chi connectivity index (χ3v) is 2.57. The van der Waals surface area contributed by atoms with E-state index < -0.39 is 0 Å². The van der Waals surface area contributed by atoms with Crippen LogP contribution in [0.1, 0.15) is 25.8 Å². The summed E-state index contributed by atoms with van der Waals surface area (Å²) in [4.78, 5) is 0. The molecule has 0 atom stereocenters. The molecule has 0 aromatic heterocycles. The Kier molecular flexibility index (Phi) is 5.40. The second kappa shape index (κ2) is 6.82. The summed E-state index contributed by atoms with van der Waals surface area (Å²) in [6.07, 6.45) is 2.87. The first kappa shape index (κ1) is 14.3. The third kappa shape index (κ3) is 4.60. The van der Waals surface area contributed by atoms with Crippen molar-refractivity contribution in [2.45, 2.75) is 20.3 Å². The molecule has 0 heterocycles. The summed E-state index contributed by atoms with van der Waals surface area (Å²) in [5, 5.41) is 3.24. The van der Waals surface area contributed by atoms with Crippen molar-refractivity contribution >= 4 is 11.3 Å². The van der Waals surface area contributed by atoms with Crippen molar-refractivity contribution in [2.75, 3.05) is 11.9 Å². The van der Waals surface area contributed by atoms with Gasteiger partial charge in [0.15, 0.2) is 0 Å². The quantitative estimate of drug-likeness (QED) is 0.741. The molecule has 0 aliphatic heterocycles. The molecule has 0 aliphatic rings. The fraction of sp³-hybridized carbons (Fsp3) is 0.250. The van der Waals surface area contributed by atoms with Crippen molar-refractivity contribution in [3.8, 4) is 0 Å². The number of anilines is 1. The molecule has 96 valence electrons. The lowest BCUT2D eigenvalue weighted by molar-refractivity contribution is 0.959. The molecule has 1 rings (SSSR count). The SMILES string of the molecule is C=C(C)/C=C(\C)c1ccc(NC(=C)CCN)cc1. The summed E-state index contributed by atoms with van der Waals surface area (Å²) in [5.74, 6) is 0.